The van der Waals surface area contributed by atoms with Crippen molar-refractivity contribution in [2.24, 2.45) is 0 Å². The van der Waals surface area contributed by atoms with Crippen LogP contribution in [-0.2, 0) is 6.42 Å². The molecule has 0 fully saturated rings. The molecule has 0 radical (unpaired) electrons. The first kappa shape index (κ1) is 16.5. The standard InChI is InChI=1S/C20H15BrFNOS/c21-17-4-2-1-3-15(17)20(24)23-11-9-18-16(10-12-25-18)19(23)13-5-7-14(22)8-6-13/h1-8,10,12,19H,9,11H2. The Morgan fingerprint density at radius 1 is 1.12 bits per heavy atom. The minimum atomic E-state index is -0.270. The fourth-order valence-corrected chi connectivity index (χ4v) is 4.69. The Morgan fingerprint density at radius 3 is 2.64 bits per heavy atom. The molecule has 2 aromatic carbocycles. The largest absolute Gasteiger partial charge is 0.327 e. The quantitative estimate of drug-likeness (QED) is 0.545. The molecule has 1 amide bonds. The third-order valence-corrected chi connectivity index (χ3v) is 6.20. The van der Waals surface area contributed by atoms with Crippen molar-refractivity contribution >= 4 is 33.2 Å². The Hall–Kier alpha value is -1.98. The van der Waals surface area contributed by atoms with E-state index < -0.39 is 0 Å². The van der Waals surface area contributed by atoms with E-state index in [-0.39, 0.29) is 17.8 Å². The monoisotopic (exact) mass is 415 g/mol. The van der Waals surface area contributed by atoms with Crippen LogP contribution in [0.1, 0.15) is 32.4 Å². The third-order valence-electron chi connectivity index (χ3n) is 4.52. The summed E-state index contributed by atoms with van der Waals surface area (Å²) in [6, 6.07) is 15.8. The van der Waals surface area contributed by atoms with Crippen LogP contribution in [0.2, 0.25) is 0 Å². The topological polar surface area (TPSA) is 20.3 Å². The molecular formula is C20H15BrFNOS. The molecule has 0 saturated carbocycles. The predicted molar refractivity (Wildman–Crippen MR) is 101 cm³/mol. The van der Waals surface area contributed by atoms with E-state index in [2.05, 4.69) is 27.4 Å². The molecule has 2 nitrogen and oxygen atoms in total. The number of amides is 1. The van der Waals surface area contributed by atoms with Gasteiger partial charge in [-0.15, -0.1) is 11.3 Å². The van der Waals surface area contributed by atoms with Crippen LogP contribution in [0.4, 0.5) is 4.39 Å². The summed E-state index contributed by atoms with van der Waals surface area (Å²) in [5.74, 6) is -0.285. The molecule has 0 N–H and O–H groups in total. The summed E-state index contributed by atoms with van der Waals surface area (Å²) in [6.07, 6.45) is 0.848. The van der Waals surface area contributed by atoms with Gasteiger partial charge in [0.2, 0.25) is 0 Å². The van der Waals surface area contributed by atoms with Crippen LogP contribution < -0.4 is 0 Å². The van der Waals surface area contributed by atoms with E-state index in [4.69, 9.17) is 0 Å². The van der Waals surface area contributed by atoms with Crippen molar-refractivity contribution in [2.45, 2.75) is 12.5 Å². The molecule has 4 rings (SSSR count). The van der Waals surface area contributed by atoms with Gasteiger partial charge in [-0.05, 0) is 69.2 Å². The molecule has 1 aliphatic rings. The fraction of sp³-hybridized carbons (Fsp3) is 0.150. The lowest BCUT2D eigenvalue weighted by Gasteiger charge is -2.36. The summed E-state index contributed by atoms with van der Waals surface area (Å²) in [6.45, 7) is 0.649. The maximum Gasteiger partial charge on any atom is 0.255 e. The average molecular weight is 416 g/mol. The average Bonchev–Trinajstić information content (AvgIpc) is 3.10. The van der Waals surface area contributed by atoms with Crippen molar-refractivity contribution in [3.63, 3.8) is 0 Å². The summed E-state index contributed by atoms with van der Waals surface area (Å²) in [7, 11) is 0. The number of fused-ring (bicyclic) bond motifs is 1. The van der Waals surface area contributed by atoms with Gasteiger partial charge in [-0.2, -0.15) is 0 Å². The molecular weight excluding hydrogens is 401 g/mol. The number of rotatable bonds is 2. The van der Waals surface area contributed by atoms with E-state index in [1.54, 1.807) is 23.5 Å². The van der Waals surface area contributed by atoms with Crippen LogP contribution in [0.5, 0.6) is 0 Å². The summed E-state index contributed by atoms with van der Waals surface area (Å²) in [5, 5.41) is 2.06. The Labute approximate surface area is 158 Å². The SMILES string of the molecule is O=C(c1ccccc1Br)N1CCc2sccc2C1c1ccc(F)cc1. The van der Waals surface area contributed by atoms with Crippen LogP contribution >= 0.6 is 27.3 Å². The second-order valence-electron chi connectivity index (χ2n) is 5.98. The summed E-state index contributed by atoms with van der Waals surface area (Å²) < 4.78 is 14.2. The van der Waals surface area contributed by atoms with Crippen LogP contribution in [0.25, 0.3) is 0 Å². The number of carbonyl (C=O) groups excluding carboxylic acids is 1. The van der Waals surface area contributed by atoms with Crippen molar-refractivity contribution in [1.82, 2.24) is 4.90 Å². The summed E-state index contributed by atoms with van der Waals surface area (Å²) >= 11 is 5.20. The number of carbonyl (C=O) groups is 1. The molecule has 0 spiro atoms. The Kier molecular flexibility index (Phi) is 4.44. The van der Waals surface area contributed by atoms with Gasteiger partial charge in [0.1, 0.15) is 5.82 Å². The van der Waals surface area contributed by atoms with E-state index >= 15 is 0 Å². The van der Waals surface area contributed by atoms with Crippen LogP contribution in [-0.4, -0.2) is 17.4 Å². The molecule has 1 unspecified atom stereocenters. The van der Waals surface area contributed by atoms with Gasteiger partial charge >= 0.3 is 0 Å². The molecule has 0 aliphatic carbocycles. The molecule has 1 aliphatic heterocycles. The second-order valence-corrected chi connectivity index (χ2v) is 7.84. The fourth-order valence-electron chi connectivity index (χ4n) is 3.33. The predicted octanol–water partition coefficient (Wildman–Crippen LogP) is 5.44. The number of hydrogen-bond donors (Lipinski definition) is 0. The minimum Gasteiger partial charge on any atom is -0.327 e. The number of halogens is 2. The van der Waals surface area contributed by atoms with Gasteiger partial charge in [-0.1, -0.05) is 24.3 Å². The van der Waals surface area contributed by atoms with Crippen molar-refractivity contribution in [2.75, 3.05) is 6.54 Å². The lowest BCUT2D eigenvalue weighted by molar-refractivity contribution is 0.0695. The van der Waals surface area contributed by atoms with E-state index in [1.807, 2.05) is 29.2 Å². The van der Waals surface area contributed by atoms with Gasteiger partial charge < -0.3 is 4.90 Å². The van der Waals surface area contributed by atoms with Gasteiger partial charge in [-0.25, -0.2) is 4.39 Å². The van der Waals surface area contributed by atoms with Crippen LogP contribution in [0, 0.1) is 5.82 Å². The maximum absolute atomic E-state index is 13.4. The van der Waals surface area contributed by atoms with Gasteiger partial charge in [0.05, 0.1) is 11.6 Å². The van der Waals surface area contributed by atoms with E-state index in [1.165, 1.54) is 17.0 Å². The third kappa shape index (κ3) is 3.02. The second kappa shape index (κ2) is 6.73. The van der Waals surface area contributed by atoms with E-state index in [9.17, 15) is 9.18 Å². The highest BCUT2D eigenvalue weighted by molar-refractivity contribution is 9.10. The number of hydrogen-bond acceptors (Lipinski definition) is 2. The molecule has 5 heteroatoms. The molecule has 1 atom stereocenters. The lowest BCUT2D eigenvalue weighted by atomic mass is 9.92. The Bertz CT molecular complexity index is 921. The molecule has 25 heavy (non-hydrogen) atoms. The zero-order valence-electron chi connectivity index (χ0n) is 13.3. The molecule has 0 bridgehead atoms. The molecule has 1 aromatic heterocycles. The van der Waals surface area contributed by atoms with Crippen molar-refractivity contribution in [3.8, 4) is 0 Å². The lowest BCUT2D eigenvalue weighted by Crippen LogP contribution is -2.40. The molecule has 126 valence electrons. The maximum atomic E-state index is 13.4. The Balaban J connectivity index is 1.79. The van der Waals surface area contributed by atoms with Gasteiger partial charge in [0, 0.05) is 15.9 Å². The van der Waals surface area contributed by atoms with Crippen LogP contribution in [0.15, 0.2) is 64.5 Å². The van der Waals surface area contributed by atoms with Crippen molar-refractivity contribution < 1.29 is 9.18 Å². The highest BCUT2D eigenvalue weighted by Crippen LogP contribution is 2.39. The van der Waals surface area contributed by atoms with Crippen molar-refractivity contribution in [1.29, 1.82) is 0 Å². The Morgan fingerprint density at radius 2 is 1.88 bits per heavy atom. The highest BCUT2D eigenvalue weighted by atomic mass is 79.9. The minimum absolute atomic E-state index is 0.0151. The zero-order valence-corrected chi connectivity index (χ0v) is 15.7. The van der Waals surface area contributed by atoms with E-state index in [0.717, 1.165) is 22.0 Å². The molecule has 3 aromatic rings. The smallest absolute Gasteiger partial charge is 0.255 e. The number of nitrogens with zero attached hydrogens (tertiary/aromatic N) is 1. The van der Waals surface area contributed by atoms with Crippen molar-refractivity contribution in [3.05, 3.63) is 91.8 Å². The molecule has 2 heterocycles. The van der Waals surface area contributed by atoms with E-state index in [0.29, 0.717) is 12.1 Å². The van der Waals surface area contributed by atoms with Gasteiger partial charge in [0.15, 0.2) is 0 Å². The molecule has 0 saturated heterocycles. The normalized spacial score (nSPS) is 16.6. The van der Waals surface area contributed by atoms with Gasteiger partial charge in [-0.3, -0.25) is 4.79 Å². The summed E-state index contributed by atoms with van der Waals surface area (Å²) in [5.41, 5.74) is 2.72. The number of thiophene rings is 1. The summed E-state index contributed by atoms with van der Waals surface area (Å²) in [4.78, 5) is 16.4. The zero-order chi connectivity index (χ0) is 17.4. The highest BCUT2D eigenvalue weighted by Gasteiger charge is 2.33. The first-order valence-corrected chi connectivity index (χ1v) is 9.69. The first-order valence-electron chi connectivity index (χ1n) is 8.02. The van der Waals surface area contributed by atoms with Gasteiger partial charge in [0.25, 0.3) is 5.91 Å². The number of benzene rings is 2. The first-order chi connectivity index (χ1) is 12.1. The van der Waals surface area contributed by atoms with Crippen LogP contribution in [0.3, 0.4) is 0 Å².